The van der Waals surface area contributed by atoms with Gasteiger partial charge in [0.25, 0.3) is 0 Å². The Hall–Kier alpha value is -1.89. The van der Waals surface area contributed by atoms with E-state index < -0.39 is 12.0 Å². The molecule has 0 radical (unpaired) electrons. The van der Waals surface area contributed by atoms with Crippen molar-refractivity contribution in [3.8, 4) is 0 Å². The summed E-state index contributed by atoms with van der Waals surface area (Å²) in [5.74, 6) is -0.387. The molecule has 1 amide bonds. The minimum atomic E-state index is -0.855. The number of aliphatic carboxylic acids is 1. The summed E-state index contributed by atoms with van der Waals surface area (Å²) >= 11 is 0. The number of piperidine rings is 1. The lowest BCUT2D eigenvalue weighted by atomic mass is 9.91. The number of likely N-dealkylation sites (tertiary alicyclic amines) is 1. The zero-order valence-corrected chi connectivity index (χ0v) is 12.7. The quantitative estimate of drug-likeness (QED) is 0.859. The first kappa shape index (κ1) is 15.5. The summed E-state index contributed by atoms with van der Waals surface area (Å²) in [4.78, 5) is 25.3. The van der Waals surface area contributed by atoms with Gasteiger partial charge in [-0.3, -0.25) is 19.2 Å². The Morgan fingerprint density at radius 2 is 2.24 bits per heavy atom. The average molecular weight is 294 g/mol. The van der Waals surface area contributed by atoms with E-state index >= 15 is 0 Å². The van der Waals surface area contributed by atoms with Crippen LogP contribution in [0.15, 0.2) is 6.07 Å². The van der Waals surface area contributed by atoms with Gasteiger partial charge in [0.15, 0.2) is 0 Å². The van der Waals surface area contributed by atoms with Crippen molar-refractivity contribution in [2.45, 2.75) is 32.7 Å². The van der Waals surface area contributed by atoms with E-state index in [1.807, 2.05) is 13.8 Å². The summed E-state index contributed by atoms with van der Waals surface area (Å²) in [6, 6.07) is 1.20. The molecule has 1 aromatic rings. The van der Waals surface area contributed by atoms with Gasteiger partial charge in [-0.1, -0.05) is 6.92 Å². The standard InChI is InChI=1S/C14H22N4O3/c1-9-5-4-6-18(13(9)14(20)21)8-12(19)15-11-7-10(2)16-17(11)3/h7,9,13H,4-6,8H2,1-3H3,(H,15,19)(H,20,21). The number of nitrogens with one attached hydrogen (secondary N) is 1. The molecular formula is C14H22N4O3. The Morgan fingerprint density at radius 3 is 2.81 bits per heavy atom. The van der Waals surface area contributed by atoms with E-state index in [1.165, 1.54) is 0 Å². The highest BCUT2D eigenvalue weighted by atomic mass is 16.4. The fraction of sp³-hybridized carbons (Fsp3) is 0.643. The molecule has 1 aliphatic rings. The molecule has 0 aliphatic carbocycles. The van der Waals surface area contributed by atoms with Gasteiger partial charge in [-0.05, 0) is 32.2 Å². The fourth-order valence-electron chi connectivity index (χ4n) is 2.94. The number of nitrogens with zero attached hydrogens (tertiary/aromatic N) is 3. The molecule has 0 spiro atoms. The predicted octanol–water partition coefficient (Wildman–Crippen LogP) is 0.852. The monoisotopic (exact) mass is 294 g/mol. The number of carbonyl (C=O) groups is 2. The Labute approximate surface area is 123 Å². The third-order valence-corrected chi connectivity index (χ3v) is 3.91. The van der Waals surface area contributed by atoms with Crippen LogP contribution >= 0.6 is 0 Å². The van der Waals surface area contributed by atoms with Crippen molar-refractivity contribution in [3.05, 3.63) is 11.8 Å². The van der Waals surface area contributed by atoms with Crippen LogP contribution in [0.4, 0.5) is 5.82 Å². The molecule has 1 aliphatic heterocycles. The molecule has 0 bridgehead atoms. The van der Waals surface area contributed by atoms with Crippen molar-refractivity contribution in [2.75, 3.05) is 18.4 Å². The summed E-state index contributed by atoms with van der Waals surface area (Å²) in [6.07, 6.45) is 1.80. The molecule has 0 saturated carbocycles. The van der Waals surface area contributed by atoms with Gasteiger partial charge < -0.3 is 10.4 Å². The van der Waals surface area contributed by atoms with E-state index in [2.05, 4.69) is 10.4 Å². The molecule has 2 rings (SSSR count). The lowest BCUT2D eigenvalue weighted by molar-refractivity contribution is -0.147. The number of carboxylic acid groups (broad SMARTS) is 1. The molecule has 21 heavy (non-hydrogen) atoms. The highest BCUT2D eigenvalue weighted by molar-refractivity contribution is 5.92. The summed E-state index contributed by atoms with van der Waals surface area (Å²) in [5, 5.41) is 16.3. The second kappa shape index (κ2) is 6.26. The largest absolute Gasteiger partial charge is 0.480 e. The molecule has 1 saturated heterocycles. The van der Waals surface area contributed by atoms with Gasteiger partial charge in [-0.25, -0.2) is 0 Å². The predicted molar refractivity (Wildman–Crippen MR) is 78.0 cm³/mol. The highest BCUT2D eigenvalue weighted by Crippen LogP contribution is 2.23. The van der Waals surface area contributed by atoms with E-state index in [0.29, 0.717) is 12.4 Å². The van der Waals surface area contributed by atoms with Gasteiger partial charge in [0, 0.05) is 13.1 Å². The van der Waals surface area contributed by atoms with Crippen LogP contribution in [0.3, 0.4) is 0 Å². The van der Waals surface area contributed by atoms with Crippen molar-refractivity contribution in [3.63, 3.8) is 0 Å². The molecule has 0 aromatic carbocycles. The van der Waals surface area contributed by atoms with E-state index in [9.17, 15) is 14.7 Å². The van der Waals surface area contributed by atoms with Gasteiger partial charge in [-0.15, -0.1) is 0 Å². The van der Waals surface area contributed by atoms with Crippen LogP contribution in [-0.2, 0) is 16.6 Å². The van der Waals surface area contributed by atoms with E-state index in [0.717, 1.165) is 18.5 Å². The second-order valence-electron chi connectivity index (χ2n) is 5.72. The van der Waals surface area contributed by atoms with Crippen molar-refractivity contribution in [1.82, 2.24) is 14.7 Å². The molecule has 2 N–H and O–H groups in total. The summed E-state index contributed by atoms with van der Waals surface area (Å²) in [5.41, 5.74) is 0.822. The summed E-state index contributed by atoms with van der Waals surface area (Å²) in [6.45, 7) is 4.50. The van der Waals surface area contributed by atoms with Gasteiger partial charge in [0.1, 0.15) is 11.9 Å². The van der Waals surface area contributed by atoms with Crippen molar-refractivity contribution in [2.24, 2.45) is 13.0 Å². The van der Waals surface area contributed by atoms with Crippen molar-refractivity contribution >= 4 is 17.7 Å². The van der Waals surface area contributed by atoms with Crippen LogP contribution in [0.25, 0.3) is 0 Å². The molecule has 2 heterocycles. The third-order valence-electron chi connectivity index (χ3n) is 3.91. The SMILES string of the molecule is Cc1cc(NC(=O)CN2CCCC(C)C2C(=O)O)n(C)n1. The number of hydrogen-bond acceptors (Lipinski definition) is 4. The molecule has 2 atom stereocenters. The topological polar surface area (TPSA) is 87.5 Å². The molecule has 7 heteroatoms. The Kier molecular flexibility index (Phi) is 4.62. The number of rotatable bonds is 4. The van der Waals surface area contributed by atoms with Crippen LogP contribution in [0.2, 0.25) is 0 Å². The number of hydrogen-bond donors (Lipinski definition) is 2. The average Bonchev–Trinajstić information content (AvgIpc) is 2.67. The van der Waals surface area contributed by atoms with E-state index in [4.69, 9.17) is 0 Å². The lowest BCUT2D eigenvalue weighted by Gasteiger charge is -2.36. The fourth-order valence-corrected chi connectivity index (χ4v) is 2.94. The zero-order chi connectivity index (χ0) is 15.6. The lowest BCUT2D eigenvalue weighted by Crippen LogP contribution is -2.51. The van der Waals surface area contributed by atoms with Crippen LogP contribution in [0, 0.1) is 12.8 Å². The molecular weight excluding hydrogens is 272 g/mol. The van der Waals surface area contributed by atoms with Crippen LogP contribution in [0.1, 0.15) is 25.5 Å². The Bertz CT molecular complexity index is 540. The van der Waals surface area contributed by atoms with Gasteiger partial charge in [0.2, 0.25) is 5.91 Å². The van der Waals surface area contributed by atoms with Crippen LogP contribution in [0.5, 0.6) is 0 Å². The van der Waals surface area contributed by atoms with E-state index in [-0.39, 0.29) is 18.4 Å². The maximum Gasteiger partial charge on any atom is 0.321 e. The summed E-state index contributed by atoms with van der Waals surface area (Å²) in [7, 11) is 1.76. The molecule has 1 aromatic heterocycles. The molecule has 116 valence electrons. The minimum Gasteiger partial charge on any atom is -0.480 e. The van der Waals surface area contributed by atoms with Gasteiger partial charge in [-0.2, -0.15) is 5.10 Å². The van der Waals surface area contributed by atoms with E-state index in [1.54, 1.807) is 22.7 Å². The number of carbonyl (C=O) groups excluding carboxylic acids is 1. The number of aromatic nitrogens is 2. The first-order valence-corrected chi connectivity index (χ1v) is 7.16. The van der Waals surface area contributed by atoms with Crippen molar-refractivity contribution < 1.29 is 14.7 Å². The Morgan fingerprint density at radius 1 is 1.52 bits per heavy atom. The Balaban J connectivity index is 2.00. The second-order valence-corrected chi connectivity index (χ2v) is 5.72. The first-order chi connectivity index (χ1) is 9.88. The van der Waals surface area contributed by atoms with Gasteiger partial charge in [0.05, 0.1) is 12.2 Å². The smallest absolute Gasteiger partial charge is 0.321 e. The molecule has 2 unspecified atom stereocenters. The van der Waals surface area contributed by atoms with Crippen LogP contribution < -0.4 is 5.32 Å². The number of aryl methyl sites for hydroxylation is 2. The van der Waals surface area contributed by atoms with Gasteiger partial charge >= 0.3 is 5.97 Å². The first-order valence-electron chi connectivity index (χ1n) is 7.16. The normalized spacial score (nSPS) is 23.0. The summed E-state index contributed by atoms with van der Waals surface area (Å²) < 4.78 is 1.60. The highest BCUT2D eigenvalue weighted by Gasteiger charge is 2.35. The minimum absolute atomic E-state index is 0.0583. The maximum absolute atomic E-state index is 12.1. The number of anilines is 1. The molecule has 7 nitrogen and oxygen atoms in total. The van der Waals surface area contributed by atoms with Crippen LogP contribution in [-0.4, -0.2) is 50.8 Å². The third kappa shape index (κ3) is 3.60. The maximum atomic E-state index is 12.1. The van der Waals surface area contributed by atoms with Crippen molar-refractivity contribution in [1.29, 1.82) is 0 Å². The number of carboxylic acids is 1. The zero-order valence-electron chi connectivity index (χ0n) is 12.7. The number of amides is 1. The molecule has 1 fully saturated rings.